The molecule has 1 aliphatic rings. The molecule has 0 bridgehead atoms. The Morgan fingerprint density at radius 1 is 0.914 bits per heavy atom. The average Bonchev–Trinajstić information content (AvgIpc) is 3.97. The first kappa shape index (κ1) is 37.9. The Balaban J connectivity index is 1.09. The van der Waals surface area contributed by atoms with Crippen LogP contribution in [0.4, 0.5) is 8.78 Å². The molecule has 4 aromatic carbocycles. The monoisotopic (exact) mass is 779 g/mol. The highest BCUT2D eigenvalue weighted by atomic mass is 19.3. The number of halogens is 2. The molecule has 1 atom stereocenters. The van der Waals surface area contributed by atoms with E-state index >= 15 is 0 Å². The van der Waals surface area contributed by atoms with Crippen molar-refractivity contribution in [2.45, 2.75) is 59.0 Å². The molecule has 0 aliphatic carbocycles. The van der Waals surface area contributed by atoms with Crippen molar-refractivity contribution in [3.05, 3.63) is 118 Å². The zero-order valence-corrected chi connectivity index (χ0v) is 31.4. The number of carboxylic acids is 1. The van der Waals surface area contributed by atoms with Gasteiger partial charge in [-0.3, -0.25) is 14.7 Å². The predicted octanol–water partition coefficient (Wildman–Crippen LogP) is 8.67. The maximum absolute atomic E-state index is 13.5. The minimum atomic E-state index is -3.09. The van der Waals surface area contributed by atoms with Crippen LogP contribution in [0.2, 0.25) is 0 Å². The van der Waals surface area contributed by atoms with Crippen molar-refractivity contribution < 1.29 is 32.3 Å². The van der Waals surface area contributed by atoms with Gasteiger partial charge >= 0.3 is 12.6 Å². The largest absolute Gasteiger partial charge is 0.480 e. The predicted molar refractivity (Wildman–Crippen MR) is 209 cm³/mol. The van der Waals surface area contributed by atoms with E-state index in [1.165, 1.54) is 12.3 Å². The van der Waals surface area contributed by atoms with Crippen LogP contribution in [0.25, 0.3) is 56.2 Å². The number of pyridine rings is 1. The summed E-state index contributed by atoms with van der Waals surface area (Å²) in [6, 6.07) is 23.6. The molecule has 1 saturated heterocycles. The summed E-state index contributed by atoms with van der Waals surface area (Å²) >= 11 is 0. The fraction of sp³-hybridized carbons (Fsp3) is 0.227. The van der Waals surface area contributed by atoms with Gasteiger partial charge in [-0.05, 0) is 103 Å². The van der Waals surface area contributed by atoms with Crippen LogP contribution in [0.1, 0.15) is 51.8 Å². The summed E-state index contributed by atoms with van der Waals surface area (Å²) in [5, 5.41) is 32.2. The average molecular weight is 780 g/mol. The molecular formula is C44H35F2N7O5. The first-order chi connectivity index (χ1) is 28.1. The molecular weight excluding hydrogens is 745 g/mol. The van der Waals surface area contributed by atoms with Gasteiger partial charge in [0.15, 0.2) is 11.2 Å². The van der Waals surface area contributed by atoms with Crippen molar-refractivity contribution in [3.8, 4) is 51.9 Å². The molecule has 12 nitrogen and oxygen atoms in total. The molecule has 1 fully saturated rings. The molecule has 2 N–H and O–H groups in total. The summed E-state index contributed by atoms with van der Waals surface area (Å²) in [7, 11) is 0. The zero-order valence-electron chi connectivity index (χ0n) is 31.4. The fourth-order valence-electron chi connectivity index (χ4n) is 7.66. The Morgan fingerprint density at radius 2 is 1.60 bits per heavy atom. The highest BCUT2D eigenvalue weighted by Gasteiger charge is 2.31. The number of nitrogens with zero attached hydrogens (tertiary/aromatic N) is 6. The maximum atomic E-state index is 13.5. The standard InChI is InChI=1S/C44H35F2N7O5/c1-24-31(6-3-8-33(24)41-51-35-15-30(23-53-11-5-10-37(53)43(54)55)38(57-44(45)46)16-39(35)56-41)32-7-4-9-34(25(32)2)42-52-36-14-26(13-29(18-48)40(36)58-42)19-49-21-28-12-27(17-47)20-50-22-28/h3-4,6-9,12-16,20,22,37,44,49H,5,10-11,19,21,23H2,1-2H3,(H,54,55)/t37-/m0/s1. The number of carboxylic acid groups (broad SMARTS) is 1. The number of fused-ring (bicyclic) bond motifs is 2. The Bertz CT molecular complexity index is 2800. The van der Waals surface area contributed by atoms with Crippen LogP contribution in [0.5, 0.6) is 5.75 Å². The number of nitriles is 2. The van der Waals surface area contributed by atoms with Crippen LogP contribution in [-0.2, 0) is 24.4 Å². The Morgan fingerprint density at radius 3 is 2.29 bits per heavy atom. The van der Waals surface area contributed by atoms with Gasteiger partial charge < -0.3 is 24.0 Å². The van der Waals surface area contributed by atoms with Crippen molar-refractivity contribution >= 4 is 28.2 Å². The van der Waals surface area contributed by atoms with E-state index in [2.05, 4.69) is 22.4 Å². The maximum Gasteiger partial charge on any atom is 0.387 e. The summed E-state index contributed by atoms with van der Waals surface area (Å²) in [4.78, 5) is 27.2. The third-order valence-electron chi connectivity index (χ3n) is 10.5. The number of benzene rings is 4. The highest BCUT2D eigenvalue weighted by Crippen LogP contribution is 2.39. The van der Waals surface area contributed by atoms with Crippen LogP contribution < -0.4 is 10.1 Å². The second kappa shape index (κ2) is 15.9. The molecule has 1 aliphatic heterocycles. The number of hydrogen-bond donors (Lipinski definition) is 2. The van der Waals surface area contributed by atoms with E-state index in [-0.39, 0.29) is 23.8 Å². The molecule has 58 heavy (non-hydrogen) atoms. The molecule has 0 saturated carbocycles. The molecule has 14 heteroatoms. The van der Waals surface area contributed by atoms with Gasteiger partial charge in [0.1, 0.15) is 35.0 Å². The topological polar surface area (TPSA) is 174 Å². The number of aromatic nitrogens is 3. The van der Waals surface area contributed by atoms with Crippen LogP contribution in [-0.4, -0.2) is 50.1 Å². The van der Waals surface area contributed by atoms with E-state index in [4.69, 9.17) is 23.5 Å². The van der Waals surface area contributed by atoms with Gasteiger partial charge in [0.25, 0.3) is 0 Å². The molecule has 0 radical (unpaired) electrons. The van der Waals surface area contributed by atoms with E-state index in [0.29, 0.717) is 77.2 Å². The second-order valence-corrected chi connectivity index (χ2v) is 14.2. The SMILES string of the molecule is Cc1c(-c2nc3cc(CN4CCC[C@H]4C(=O)O)c(OC(F)F)cc3o2)cccc1-c1cccc(-c2nc3cc(CNCc4cncc(C#N)c4)cc(C#N)c3o2)c1C. The molecule has 4 heterocycles. The number of ether oxygens (including phenoxy) is 1. The van der Waals surface area contributed by atoms with Crippen LogP contribution in [0.3, 0.4) is 0 Å². The summed E-state index contributed by atoms with van der Waals surface area (Å²) in [5.74, 6) is -0.395. The Kier molecular flexibility index (Phi) is 10.4. The lowest BCUT2D eigenvalue weighted by molar-refractivity contribution is -0.142. The van der Waals surface area contributed by atoms with Crippen LogP contribution in [0, 0.1) is 36.5 Å². The number of oxazole rings is 2. The van der Waals surface area contributed by atoms with Gasteiger partial charge in [-0.2, -0.15) is 19.3 Å². The number of carbonyl (C=O) groups is 1. The fourth-order valence-corrected chi connectivity index (χ4v) is 7.66. The minimum Gasteiger partial charge on any atom is -0.480 e. The van der Waals surface area contributed by atoms with Gasteiger partial charge in [0, 0.05) is 54.8 Å². The molecule has 0 spiro atoms. The van der Waals surface area contributed by atoms with Crippen molar-refractivity contribution in [2.24, 2.45) is 0 Å². The van der Waals surface area contributed by atoms with Crippen molar-refractivity contribution in [2.75, 3.05) is 6.54 Å². The Hall–Kier alpha value is -7.00. The number of rotatable bonds is 12. The lowest BCUT2D eigenvalue weighted by atomic mass is 9.91. The van der Waals surface area contributed by atoms with E-state index in [1.807, 2.05) is 56.3 Å². The van der Waals surface area contributed by atoms with E-state index in [9.17, 15) is 29.2 Å². The summed E-state index contributed by atoms with van der Waals surface area (Å²) in [6.45, 7) is 2.40. The van der Waals surface area contributed by atoms with Gasteiger partial charge in [0.05, 0.1) is 11.1 Å². The third kappa shape index (κ3) is 7.46. The number of nitrogens with one attached hydrogen (secondary N) is 1. The summed E-state index contributed by atoms with van der Waals surface area (Å²) in [6.07, 6.45) is 4.38. The number of likely N-dealkylation sites (tertiary alicyclic amines) is 1. The van der Waals surface area contributed by atoms with Gasteiger partial charge in [-0.25, -0.2) is 9.97 Å². The number of aliphatic carboxylic acids is 1. The van der Waals surface area contributed by atoms with Gasteiger partial charge in [-0.1, -0.05) is 24.3 Å². The van der Waals surface area contributed by atoms with Crippen molar-refractivity contribution in [3.63, 3.8) is 0 Å². The quantitative estimate of drug-likeness (QED) is 0.121. The third-order valence-corrected chi connectivity index (χ3v) is 10.5. The lowest BCUT2D eigenvalue weighted by Crippen LogP contribution is -2.35. The molecule has 7 aromatic rings. The van der Waals surface area contributed by atoms with E-state index < -0.39 is 18.6 Å². The van der Waals surface area contributed by atoms with Crippen LogP contribution >= 0.6 is 0 Å². The summed E-state index contributed by atoms with van der Waals surface area (Å²) in [5.41, 5.74) is 9.55. The first-order valence-electron chi connectivity index (χ1n) is 18.5. The van der Waals surface area contributed by atoms with E-state index in [0.717, 1.165) is 38.9 Å². The van der Waals surface area contributed by atoms with Gasteiger partial charge in [-0.15, -0.1) is 0 Å². The Labute approximate surface area is 331 Å². The molecule has 290 valence electrons. The normalized spacial score (nSPS) is 14.3. The number of hydrogen-bond acceptors (Lipinski definition) is 11. The lowest BCUT2D eigenvalue weighted by Gasteiger charge is -2.22. The molecule has 0 unspecified atom stereocenters. The van der Waals surface area contributed by atoms with Crippen LogP contribution in [0.15, 0.2) is 88.0 Å². The molecule has 0 amide bonds. The second-order valence-electron chi connectivity index (χ2n) is 14.2. The minimum absolute atomic E-state index is 0.0927. The van der Waals surface area contributed by atoms with Crippen molar-refractivity contribution in [1.29, 1.82) is 10.5 Å². The summed E-state index contributed by atoms with van der Waals surface area (Å²) < 4.78 is 44.3. The van der Waals surface area contributed by atoms with E-state index in [1.54, 1.807) is 29.3 Å². The molecule has 8 rings (SSSR count). The highest BCUT2D eigenvalue weighted by molar-refractivity contribution is 5.86. The smallest absolute Gasteiger partial charge is 0.387 e. The van der Waals surface area contributed by atoms with Crippen molar-refractivity contribution in [1.82, 2.24) is 25.2 Å². The number of alkyl halides is 2. The zero-order chi connectivity index (χ0) is 40.5. The first-order valence-corrected chi connectivity index (χ1v) is 18.5. The molecule has 3 aromatic heterocycles. The van der Waals surface area contributed by atoms with Gasteiger partial charge in [0.2, 0.25) is 11.8 Å².